The minimum absolute atomic E-state index is 0.0705. The Bertz CT molecular complexity index is 1190. The van der Waals surface area contributed by atoms with Crippen LogP contribution in [-0.2, 0) is 11.2 Å². The molecule has 1 heterocycles. The van der Waals surface area contributed by atoms with E-state index in [1.165, 1.54) is 27.2 Å². The summed E-state index contributed by atoms with van der Waals surface area (Å²) in [5.41, 5.74) is 1.01. The Labute approximate surface area is 197 Å². The standard InChI is InChI=1S/C25H30N2O7/c1-16(28)15-34-20-9-8-19(18-6-10-22(29)27-23(18)20)33-14-4-12-26-13-11-17-5-7-21(31-2)25(32-3)24(17)30/h5-10,26,30H,4,11-15H2,1-3H3,(H,27,29). The van der Waals surface area contributed by atoms with E-state index in [-0.39, 0.29) is 23.7 Å². The summed E-state index contributed by atoms with van der Waals surface area (Å²) in [6, 6.07) is 10.2. The normalized spacial score (nSPS) is 10.8. The van der Waals surface area contributed by atoms with E-state index in [1.807, 2.05) is 6.07 Å². The molecule has 0 spiro atoms. The monoisotopic (exact) mass is 470 g/mol. The number of aromatic nitrogens is 1. The van der Waals surface area contributed by atoms with Gasteiger partial charge in [-0.3, -0.25) is 9.59 Å². The number of pyridine rings is 1. The number of hydrogen-bond acceptors (Lipinski definition) is 8. The number of aromatic amines is 1. The van der Waals surface area contributed by atoms with Gasteiger partial charge in [0, 0.05) is 11.5 Å². The summed E-state index contributed by atoms with van der Waals surface area (Å²) in [7, 11) is 3.02. The lowest BCUT2D eigenvalue weighted by atomic mass is 10.1. The van der Waals surface area contributed by atoms with E-state index in [1.54, 1.807) is 24.3 Å². The van der Waals surface area contributed by atoms with Crippen molar-refractivity contribution in [3.05, 3.63) is 52.3 Å². The lowest BCUT2D eigenvalue weighted by Gasteiger charge is -2.14. The van der Waals surface area contributed by atoms with Crippen molar-refractivity contribution in [3.8, 4) is 28.7 Å². The number of Topliss-reactive ketones (excluding diaryl/α,β-unsaturated/α-hetero) is 1. The van der Waals surface area contributed by atoms with Gasteiger partial charge in [-0.25, -0.2) is 0 Å². The van der Waals surface area contributed by atoms with Gasteiger partial charge in [0.2, 0.25) is 11.3 Å². The molecule has 0 bridgehead atoms. The predicted molar refractivity (Wildman–Crippen MR) is 129 cm³/mol. The van der Waals surface area contributed by atoms with Gasteiger partial charge in [-0.1, -0.05) is 6.07 Å². The smallest absolute Gasteiger partial charge is 0.248 e. The molecular formula is C25H30N2O7. The summed E-state index contributed by atoms with van der Waals surface area (Å²) in [5, 5.41) is 14.4. The number of carbonyl (C=O) groups excluding carboxylic acids is 1. The molecule has 0 unspecified atom stereocenters. The molecule has 1 aromatic heterocycles. The topological polar surface area (TPSA) is 119 Å². The third kappa shape index (κ3) is 6.20. The number of hydrogen-bond donors (Lipinski definition) is 3. The summed E-state index contributed by atoms with van der Waals surface area (Å²) in [4.78, 5) is 25.8. The quantitative estimate of drug-likeness (QED) is 0.326. The van der Waals surface area contributed by atoms with E-state index in [0.717, 1.165) is 18.5 Å². The maximum Gasteiger partial charge on any atom is 0.248 e. The summed E-state index contributed by atoms with van der Waals surface area (Å²) < 4.78 is 21.8. The number of carbonyl (C=O) groups is 1. The number of aromatic hydroxyl groups is 1. The number of ether oxygens (including phenoxy) is 4. The Balaban J connectivity index is 1.50. The minimum atomic E-state index is -0.262. The van der Waals surface area contributed by atoms with Crippen LogP contribution < -0.4 is 29.8 Å². The van der Waals surface area contributed by atoms with Crippen LogP contribution in [0.5, 0.6) is 28.7 Å². The third-order valence-electron chi connectivity index (χ3n) is 5.18. The summed E-state index contributed by atoms with van der Waals surface area (Å²) in [6.07, 6.45) is 1.39. The number of methoxy groups -OCH3 is 2. The minimum Gasteiger partial charge on any atom is -0.504 e. The average Bonchev–Trinajstić information content (AvgIpc) is 2.82. The van der Waals surface area contributed by atoms with Crippen LogP contribution in [0.4, 0.5) is 0 Å². The van der Waals surface area contributed by atoms with Gasteiger partial charge in [0.05, 0.1) is 26.3 Å². The predicted octanol–water partition coefficient (Wildman–Crippen LogP) is 2.82. The van der Waals surface area contributed by atoms with Crippen LogP contribution in [-0.4, -0.2) is 56.4 Å². The van der Waals surface area contributed by atoms with Crippen LogP contribution in [0.1, 0.15) is 18.9 Å². The van der Waals surface area contributed by atoms with Gasteiger partial charge in [0.25, 0.3) is 0 Å². The number of phenols is 1. The van der Waals surface area contributed by atoms with Crippen molar-refractivity contribution in [1.82, 2.24) is 10.3 Å². The zero-order valence-corrected chi connectivity index (χ0v) is 19.6. The molecule has 182 valence electrons. The van der Waals surface area contributed by atoms with Gasteiger partial charge in [0.15, 0.2) is 17.3 Å². The number of ketones is 1. The lowest BCUT2D eigenvalue weighted by molar-refractivity contribution is -0.118. The molecule has 0 radical (unpaired) electrons. The number of phenolic OH excluding ortho intramolecular Hbond substituents is 1. The van der Waals surface area contributed by atoms with Crippen LogP contribution >= 0.6 is 0 Å². The van der Waals surface area contributed by atoms with Crippen LogP contribution in [0.3, 0.4) is 0 Å². The van der Waals surface area contributed by atoms with E-state index < -0.39 is 0 Å². The average molecular weight is 471 g/mol. The number of nitrogens with one attached hydrogen (secondary N) is 2. The van der Waals surface area contributed by atoms with Gasteiger partial charge in [-0.05, 0) is 62.7 Å². The zero-order chi connectivity index (χ0) is 24.5. The van der Waals surface area contributed by atoms with Gasteiger partial charge in [-0.2, -0.15) is 0 Å². The van der Waals surface area contributed by atoms with Gasteiger partial charge >= 0.3 is 0 Å². The largest absolute Gasteiger partial charge is 0.504 e. The van der Waals surface area contributed by atoms with Crippen molar-refractivity contribution in [2.24, 2.45) is 0 Å². The Morgan fingerprint density at radius 2 is 1.74 bits per heavy atom. The molecular weight excluding hydrogens is 440 g/mol. The second-order valence-corrected chi connectivity index (χ2v) is 7.67. The highest BCUT2D eigenvalue weighted by Gasteiger charge is 2.14. The fourth-order valence-electron chi connectivity index (χ4n) is 3.50. The molecule has 34 heavy (non-hydrogen) atoms. The fourth-order valence-corrected chi connectivity index (χ4v) is 3.50. The van der Waals surface area contributed by atoms with Crippen molar-refractivity contribution in [2.75, 3.05) is 40.5 Å². The molecule has 0 atom stereocenters. The van der Waals surface area contributed by atoms with E-state index in [9.17, 15) is 14.7 Å². The molecule has 3 rings (SSSR count). The molecule has 0 saturated heterocycles. The van der Waals surface area contributed by atoms with Crippen LogP contribution in [0.25, 0.3) is 10.9 Å². The summed E-state index contributed by atoms with van der Waals surface area (Å²) in [6.45, 7) is 3.24. The number of H-pyrrole nitrogens is 1. The first kappa shape index (κ1) is 24.9. The van der Waals surface area contributed by atoms with Crippen molar-refractivity contribution < 1.29 is 28.8 Å². The molecule has 0 aliphatic rings. The Kier molecular flexibility index (Phi) is 8.75. The number of fused-ring (bicyclic) bond motifs is 1. The van der Waals surface area contributed by atoms with Gasteiger partial charge in [-0.15, -0.1) is 0 Å². The van der Waals surface area contributed by atoms with Crippen LogP contribution in [0.15, 0.2) is 41.2 Å². The molecule has 3 aromatic rings. The second-order valence-electron chi connectivity index (χ2n) is 7.67. The van der Waals surface area contributed by atoms with Crippen molar-refractivity contribution in [3.63, 3.8) is 0 Å². The molecule has 0 aliphatic carbocycles. The molecule has 3 N–H and O–H groups in total. The third-order valence-corrected chi connectivity index (χ3v) is 5.18. The first-order chi connectivity index (χ1) is 16.4. The molecule has 9 heteroatoms. The summed E-state index contributed by atoms with van der Waals surface area (Å²) >= 11 is 0. The maximum atomic E-state index is 11.8. The molecule has 0 fully saturated rings. The Morgan fingerprint density at radius 3 is 2.47 bits per heavy atom. The van der Waals surface area contributed by atoms with Gasteiger partial charge < -0.3 is 34.4 Å². The number of rotatable bonds is 13. The zero-order valence-electron chi connectivity index (χ0n) is 19.6. The van der Waals surface area contributed by atoms with Crippen molar-refractivity contribution >= 4 is 16.7 Å². The van der Waals surface area contributed by atoms with Crippen LogP contribution in [0.2, 0.25) is 0 Å². The maximum absolute atomic E-state index is 11.8. The van der Waals surface area contributed by atoms with E-state index in [2.05, 4.69) is 10.3 Å². The lowest BCUT2D eigenvalue weighted by Crippen LogP contribution is -2.20. The van der Waals surface area contributed by atoms with E-state index >= 15 is 0 Å². The van der Waals surface area contributed by atoms with E-state index in [4.69, 9.17) is 18.9 Å². The first-order valence-electron chi connectivity index (χ1n) is 11.0. The molecule has 0 amide bonds. The van der Waals surface area contributed by atoms with Crippen LogP contribution in [0, 0.1) is 0 Å². The van der Waals surface area contributed by atoms with E-state index in [0.29, 0.717) is 53.5 Å². The summed E-state index contributed by atoms with van der Waals surface area (Å²) in [5.74, 6) is 1.85. The van der Waals surface area contributed by atoms with Crippen molar-refractivity contribution in [2.45, 2.75) is 19.8 Å². The Morgan fingerprint density at radius 1 is 0.971 bits per heavy atom. The molecule has 0 aliphatic heterocycles. The highest BCUT2D eigenvalue weighted by molar-refractivity contribution is 5.90. The Hall–Kier alpha value is -3.72. The first-order valence-corrected chi connectivity index (χ1v) is 11.0. The highest BCUT2D eigenvalue weighted by atomic mass is 16.5. The molecule has 9 nitrogen and oxygen atoms in total. The van der Waals surface area contributed by atoms with Gasteiger partial charge in [0.1, 0.15) is 18.1 Å². The molecule has 2 aromatic carbocycles. The fraction of sp³-hybridized carbons (Fsp3) is 0.360. The highest BCUT2D eigenvalue weighted by Crippen LogP contribution is 2.38. The second kappa shape index (κ2) is 11.9. The SMILES string of the molecule is COc1ccc(CCNCCCOc2ccc(OCC(C)=O)c3[nH]c(=O)ccc23)c(O)c1OC. The molecule has 0 saturated carbocycles. The van der Waals surface area contributed by atoms with Crippen molar-refractivity contribution in [1.29, 1.82) is 0 Å². The number of benzene rings is 2.